The number of carbonyl (C=O) groups excluding carboxylic acids is 1. The van der Waals surface area contributed by atoms with E-state index < -0.39 is 5.60 Å². The molecule has 128 valence electrons. The largest absolute Gasteiger partial charge is 0.444 e. The molecule has 0 bridgehead atoms. The molecule has 0 atom stereocenters. The van der Waals surface area contributed by atoms with Gasteiger partial charge in [-0.2, -0.15) is 5.10 Å². The van der Waals surface area contributed by atoms with Crippen LogP contribution in [0.4, 0.5) is 4.79 Å². The lowest BCUT2D eigenvalue weighted by molar-refractivity contribution is 0.00701. The molecule has 0 radical (unpaired) electrons. The first-order valence-electron chi connectivity index (χ1n) is 7.69. The molecule has 2 N–H and O–H groups in total. The highest BCUT2D eigenvalue weighted by Crippen LogP contribution is 2.15. The molecular formula is C15H26N6O2. The second-order valence-corrected chi connectivity index (χ2v) is 6.67. The highest BCUT2D eigenvalue weighted by atomic mass is 16.6. The number of carbonyl (C=O) groups is 1. The summed E-state index contributed by atoms with van der Waals surface area (Å²) < 4.78 is 7.09. The molecule has 0 aliphatic carbocycles. The van der Waals surface area contributed by atoms with Crippen LogP contribution in [-0.2, 0) is 18.3 Å². The molecule has 1 saturated heterocycles. The zero-order valence-electron chi connectivity index (χ0n) is 14.5. The number of nitrogens with zero attached hydrogens (tertiary/aromatic N) is 4. The van der Waals surface area contributed by atoms with E-state index in [0.29, 0.717) is 25.6 Å². The minimum absolute atomic E-state index is 0.183. The number of ether oxygens (including phenoxy) is 1. The van der Waals surface area contributed by atoms with Gasteiger partial charge in [0, 0.05) is 45.5 Å². The summed E-state index contributed by atoms with van der Waals surface area (Å²) in [7, 11) is 3.61. The fourth-order valence-corrected chi connectivity index (χ4v) is 2.18. The van der Waals surface area contributed by atoms with Gasteiger partial charge in [-0.1, -0.05) is 0 Å². The van der Waals surface area contributed by atoms with Gasteiger partial charge in [-0.15, -0.1) is 0 Å². The predicted octanol–water partition coefficient (Wildman–Crippen LogP) is 0.704. The molecule has 0 saturated carbocycles. The SMILES string of the molecule is CN=C(NCc1cnn(C)c1)NC1CN(C(=O)OC(C)(C)C)C1. The molecule has 0 aromatic carbocycles. The van der Waals surface area contributed by atoms with E-state index in [9.17, 15) is 4.79 Å². The molecular weight excluding hydrogens is 296 g/mol. The maximum atomic E-state index is 11.9. The quantitative estimate of drug-likeness (QED) is 0.632. The van der Waals surface area contributed by atoms with E-state index in [1.807, 2.05) is 40.2 Å². The van der Waals surface area contributed by atoms with Crippen LogP contribution in [-0.4, -0.2) is 58.5 Å². The van der Waals surface area contributed by atoms with Gasteiger partial charge < -0.3 is 20.3 Å². The highest BCUT2D eigenvalue weighted by Gasteiger charge is 2.34. The number of likely N-dealkylation sites (tertiary alicyclic amines) is 1. The van der Waals surface area contributed by atoms with Crippen molar-refractivity contribution in [1.82, 2.24) is 25.3 Å². The summed E-state index contributed by atoms with van der Waals surface area (Å²) >= 11 is 0. The van der Waals surface area contributed by atoms with Crippen molar-refractivity contribution in [1.29, 1.82) is 0 Å². The third kappa shape index (κ3) is 5.15. The van der Waals surface area contributed by atoms with E-state index in [4.69, 9.17) is 4.74 Å². The van der Waals surface area contributed by atoms with E-state index in [1.54, 1.807) is 16.6 Å². The Morgan fingerprint density at radius 3 is 2.70 bits per heavy atom. The van der Waals surface area contributed by atoms with Crippen molar-refractivity contribution in [2.45, 2.75) is 39.0 Å². The van der Waals surface area contributed by atoms with Crippen molar-refractivity contribution in [3.63, 3.8) is 0 Å². The van der Waals surface area contributed by atoms with Gasteiger partial charge in [0.15, 0.2) is 5.96 Å². The molecule has 2 rings (SSSR count). The first-order valence-corrected chi connectivity index (χ1v) is 7.69. The Bertz CT molecular complexity index is 569. The summed E-state index contributed by atoms with van der Waals surface area (Å²) in [5.41, 5.74) is 0.621. The molecule has 1 aliphatic rings. The number of aliphatic imine (C=N–C) groups is 1. The van der Waals surface area contributed by atoms with Crippen LogP contribution in [0.15, 0.2) is 17.4 Å². The molecule has 8 nitrogen and oxygen atoms in total. The Morgan fingerprint density at radius 1 is 1.48 bits per heavy atom. The maximum absolute atomic E-state index is 11.9. The molecule has 1 fully saturated rings. The normalized spacial score (nSPS) is 16.0. The third-order valence-corrected chi connectivity index (χ3v) is 3.32. The molecule has 1 aromatic rings. The van der Waals surface area contributed by atoms with Crippen LogP contribution in [0.2, 0.25) is 0 Å². The second kappa shape index (κ2) is 6.89. The fourth-order valence-electron chi connectivity index (χ4n) is 2.18. The van der Waals surface area contributed by atoms with Crippen molar-refractivity contribution < 1.29 is 9.53 Å². The molecule has 2 heterocycles. The van der Waals surface area contributed by atoms with Gasteiger partial charge in [-0.05, 0) is 20.8 Å². The second-order valence-electron chi connectivity index (χ2n) is 6.67. The summed E-state index contributed by atoms with van der Waals surface area (Å²) in [5, 5.41) is 10.6. The van der Waals surface area contributed by atoms with Gasteiger partial charge in [0.05, 0.1) is 12.2 Å². The van der Waals surface area contributed by atoms with E-state index in [-0.39, 0.29) is 12.1 Å². The number of guanidine groups is 1. The summed E-state index contributed by atoms with van der Waals surface area (Å²) in [6.07, 6.45) is 3.50. The van der Waals surface area contributed by atoms with Crippen molar-refractivity contribution in [3.05, 3.63) is 18.0 Å². The average Bonchev–Trinajstić information content (AvgIpc) is 2.80. The lowest BCUT2D eigenvalue weighted by Gasteiger charge is -2.40. The Labute approximate surface area is 136 Å². The number of aromatic nitrogens is 2. The van der Waals surface area contributed by atoms with Crippen molar-refractivity contribution in [3.8, 4) is 0 Å². The molecule has 0 unspecified atom stereocenters. The lowest BCUT2D eigenvalue weighted by Crippen LogP contribution is -2.63. The van der Waals surface area contributed by atoms with Crippen molar-refractivity contribution in [2.75, 3.05) is 20.1 Å². The molecule has 1 aliphatic heterocycles. The zero-order valence-corrected chi connectivity index (χ0v) is 14.5. The first kappa shape index (κ1) is 17.1. The topological polar surface area (TPSA) is 83.8 Å². The molecule has 1 aromatic heterocycles. The average molecular weight is 322 g/mol. The fraction of sp³-hybridized carbons (Fsp3) is 0.667. The lowest BCUT2D eigenvalue weighted by atomic mass is 10.1. The van der Waals surface area contributed by atoms with Crippen LogP contribution >= 0.6 is 0 Å². The molecule has 8 heteroatoms. The summed E-state index contributed by atoms with van der Waals surface area (Å²) in [6, 6.07) is 0.183. The van der Waals surface area contributed by atoms with Crippen LogP contribution in [0, 0.1) is 0 Å². The van der Waals surface area contributed by atoms with Crippen LogP contribution in [0.1, 0.15) is 26.3 Å². The molecule has 0 spiro atoms. The Kier molecular flexibility index (Phi) is 5.12. The van der Waals surface area contributed by atoms with E-state index in [0.717, 1.165) is 5.56 Å². The number of hydrogen-bond acceptors (Lipinski definition) is 4. The van der Waals surface area contributed by atoms with Gasteiger partial charge >= 0.3 is 6.09 Å². The maximum Gasteiger partial charge on any atom is 0.410 e. The van der Waals surface area contributed by atoms with Gasteiger partial charge in [0.25, 0.3) is 0 Å². The monoisotopic (exact) mass is 322 g/mol. The van der Waals surface area contributed by atoms with Gasteiger partial charge in [-0.25, -0.2) is 4.79 Å². The number of amides is 1. The zero-order chi connectivity index (χ0) is 17.0. The summed E-state index contributed by atoms with van der Waals surface area (Å²) in [6.45, 7) is 7.47. The summed E-state index contributed by atoms with van der Waals surface area (Å²) in [4.78, 5) is 17.7. The van der Waals surface area contributed by atoms with Crippen molar-refractivity contribution >= 4 is 12.1 Å². The van der Waals surface area contributed by atoms with E-state index in [2.05, 4.69) is 20.7 Å². The van der Waals surface area contributed by atoms with Crippen molar-refractivity contribution in [2.24, 2.45) is 12.0 Å². The van der Waals surface area contributed by atoms with Crippen LogP contribution < -0.4 is 10.6 Å². The van der Waals surface area contributed by atoms with Gasteiger partial charge in [0.1, 0.15) is 5.60 Å². The smallest absolute Gasteiger partial charge is 0.410 e. The summed E-state index contributed by atoms with van der Waals surface area (Å²) in [5.74, 6) is 0.711. The Hall–Kier alpha value is -2.25. The molecule has 1 amide bonds. The van der Waals surface area contributed by atoms with Crippen LogP contribution in [0.25, 0.3) is 0 Å². The Morgan fingerprint density at radius 2 is 2.17 bits per heavy atom. The van der Waals surface area contributed by atoms with Crippen LogP contribution in [0.5, 0.6) is 0 Å². The number of rotatable bonds is 3. The minimum Gasteiger partial charge on any atom is -0.444 e. The number of hydrogen-bond donors (Lipinski definition) is 2. The number of nitrogens with one attached hydrogen (secondary N) is 2. The van der Waals surface area contributed by atoms with E-state index >= 15 is 0 Å². The number of aryl methyl sites for hydroxylation is 1. The minimum atomic E-state index is -0.461. The van der Waals surface area contributed by atoms with Gasteiger partial charge in [-0.3, -0.25) is 9.67 Å². The third-order valence-electron chi connectivity index (χ3n) is 3.32. The van der Waals surface area contributed by atoms with Crippen LogP contribution in [0.3, 0.4) is 0 Å². The van der Waals surface area contributed by atoms with Gasteiger partial charge in [0.2, 0.25) is 0 Å². The van der Waals surface area contributed by atoms with E-state index in [1.165, 1.54) is 0 Å². The Balaban J connectivity index is 1.72. The standard InChI is InChI=1S/C15H26N6O2/c1-15(2,3)23-14(22)21-9-12(10-21)19-13(16-4)17-6-11-7-18-20(5)8-11/h7-8,12H,6,9-10H2,1-5H3,(H2,16,17,19). The highest BCUT2D eigenvalue weighted by molar-refractivity contribution is 5.80. The predicted molar refractivity (Wildman–Crippen MR) is 88.1 cm³/mol. The first-order chi connectivity index (χ1) is 10.8. The molecule has 23 heavy (non-hydrogen) atoms.